The van der Waals surface area contributed by atoms with Gasteiger partial charge in [0.25, 0.3) is 0 Å². The summed E-state index contributed by atoms with van der Waals surface area (Å²) in [5, 5.41) is 3.83. The highest BCUT2D eigenvalue weighted by atomic mass is 35.5. The van der Waals surface area contributed by atoms with E-state index in [1.807, 2.05) is 0 Å². The molecule has 2 heterocycles. The lowest BCUT2D eigenvalue weighted by atomic mass is 10.2. The van der Waals surface area contributed by atoms with Gasteiger partial charge in [0.15, 0.2) is 5.13 Å². The number of nitrogens with one attached hydrogen (secondary N) is 1. The van der Waals surface area contributed by atoms with Gasteiger partial charge >= 0.3 is 0 Å². The second kappa shape index (κ2) is 7.81. The fourth-order valence-electron chi connectivity index (χ4n) is 3.22. The quantitative estimate of drug-likeness (QED) is 0.603. The fourth-order valence-corrected chi connectivity index (χ4v) is 6.30. The Labute approximate surface area is 180 Å². The Balaban J connectivity index is 1.59. The van der Waals surface area contributed by atoms with Crippen molar-refractivity contribution in [2.24, 2.45) is 0 Å². The van der Waals surface area contributed by atoms with Gasteiger partial charge in [-0.3, -0.25) is 4.79 Å². The smallest absolute Gasteiger partial charge is 0.244 e. The number of aromatic nitrogens is 1. The second-order valence-electron chi connectivity index (χ2n) is 6.44. The predicted octanol–water partition coefficient (Wildman–Crippen LogP) is 4.53. The molecule has 3 aromatic rings. The number of carbonyl (C=O) groups is 1. The van der Waals surface area contributed by atoms with E-state index in [1.54, 1.807) is 12.1 Å². The molecule has 29 heavy (non-hydrogen) atoms. The van der Waals surface area contributed by atoms with Crippen LogP contribution in [0.15, 0.2) is 41.3 Å². The van der Waals surface area contributed by atoms with Gasteiger partial charge in [-0.15, -0.1) is 0 Å². The number of carbonyl (C=O) groups excluding carboxylic acids is 1. The van der Waals surface area contributed by atoms with E-state index in [-0.39, 0.29) is 16.6 Å². The molecule has 0 bridgehead atoms. The molecule has 1 aliphatic rings. The highest BCUT2D eigenvalue weighted by molar-refractivity contribution is 7.89. The van der Waals surface area contributed by atoms with Crippen LogP contribution in [0.25, 0.3) is 10.2 Å². The molecule has 0 radical (unpaired) electrons. The normalized spacial score (nSPS) is 17.7. The summed E-state index contributed by atoms with van der Waals surface area (Å²) in [5.41, 5.74) is 0.474. The lowest BCUT2D eigenvalue weighted by Crippen LogP contribution is -2.43. The van der Waals surface area contributed by atoms with Gasteiger partial charge in [-0.1, -0.05) is 34.5 Å². The molecule has 1 aromatic heterocycles. The van der Waals surface area contributed by atoms with Crippen LogP contribution in [-0.4, -0.2) is 36.2 Å². The van der Waals surface area contributed by atoms with Gasteiger partial charge in [0.05, 0.1) is 19.6 Å². The summed E-state index contributed by atoms with van der Waals surface area (Å²) in [6, 6.07) is 6.91. The lowest BCUT2D eigenvalue weighted by molar-refractivity contribution is -0.119. The third-order valence-corrected chi connectivity index (χ3v) is 8.26. The van der Waals surface area contributed by atoms with E-state index in [0.29, 0.717) is 33.1 Å². The zero-order valence-electron chi connectivity index (χ0n) is 14.7. The Morgan fingerprint density at radius 3 is 2.55 bits per heavy atom. The number of sulfonamides is 1. The minimum atomic E-state index is -3.93. The van der Waals surface area contributed by atoms with E-state index in [9.17, 15) is 17.6 Å². The van der Waals surface area contributed by atoms with Crippen molar-refractivity contribution in [1.82, 2.24) is 9.29 Å². The van der Waals surface area contributed by atoms with Crippen LogP contribution in [0.5, 0.6) is 0 Å². The molecule has 1 atom stereocenters. The van der Waals surface area contributed by atoms with Crippen molar-refractivity contribution in [3.8, 4) is 0 Å². The molecule has 1 unspecified atom stereocenters. The van der Waals surface area contributed by atoms with Crippen LogP contribution in [-0.2, 0) is 14.8 Å². The van der Waals surface area contributed by atoms with Crippen molar-refractivity contribution in [2.45, 2.75) is 23.8 Å². The second-order valence-corrected chi connectivity index (χ2v) is 10.1. The SMILES string of the molecule is O=C(Nc1nc2c(Cl)ccc(Cl)c2s1)C1CCCN1S(=O)(=O)c1ccc(F)cc1. The number of rotatable bonds is 4. The number of hydrogen-bond acceptors (Lipinski definition) is 5. The van der Waals surface area contributed by atoms with Crippen LogP contribution in [0.3, 0.4) is 0 Å². The molecule has 1 aliphatic heterocycles. The molecular formula is C18H14Cl2FN3O3S2. The third kappa shape index (κ3) is 3.85. The first-order valence-electron chi connectivity index (χ1n) is 8.60. The summed E-state index contributed by atoms with van der Waals surface area (Å²) >= 11 is 13.4. The maximum atomic E-state index is 13.1. The number of thiazole rings is 1. The molecule has 152 valence electrons. The molecule has 6 nitrogen and oxygen atoms in total. The van der Waals surface area contributed by atoms with Crippen LogP contribution in [0, 0.1) is 5.82 Å². The summed E-state index contributed by atoms with van der Waals surface area (Å²) < 4.78 is 40.8. The van der Waals surface area contributed by atoms with E-state index >= 15 is 0 Å². The Morgan fingerprint density at radius 2 is 1.86 bits per heavy atom. The van der Waals surface area contributed by atoms with Crippen LogP contribution in [0.1, 0.15) is 12.8 Å². The number of hydrogen-bond donors (Lipinski definition) is 1. The topological polar surface area (TPSA) is 79.4 Å². The van der Waals surface area contributed by atoms with Crippen LogP contribution >= 0.6 is 34.5 Å². The number of amides is 1. The summed E-state index contributed by atoms with van der Waals surface area (Å²) in [5.74, 6) is -1.02. The number of halogens is 3. The van der Waals surface area contributed by atoms with Gasteiger partial charge in [0.2, 0.25) is 15.9 Å². The zero-order valence-corrected chi connectivity index (χ0v) is 17.9. The molecule has 2 aromatic carbocycles. The van der Waals surface area contributed by atoms with E-state index in [0.717, 1.165) is 27.8 Å². The first-order valence-corrected chi connectivity index (χ1v) is 11.6. The van der Waals surface area contributed by atoms with E-state index < -0.39 is 27.8 Å². The molecule has 4 rings (SSSR count). The van der Waals surface area contributed by atoms with Gasteiger partial charge < -0.3 is 5.32 Å². The molecule has 0 saturated carbocycles. The first kappa shape index (κ1) is 20.5. The van der Waals surface area contributed by atoms with Crippen LogP contribution in [0.4, 0.5) is 9.52 Å². The maximum Gasteiger partial charge on any atom is 0.244 e. The predicted molar refractivity (Wildman–Crippen MR) is 112 cm³/mol. The van der Waals surface area contributed by atoms with Crippen molar-refractivity contribution < 1.29 is 17.6 Å². The summed E-state index contributed by atoms with van der Waals surface area (Å²) in [6.07, 6.45) is 0.911. The third-order valence-electron chi connectivity index (χ3n) is 4.60. The number of benzene rings is 2. The Bertz CT molecular complexity index is 1160. The fraction of sp³-hybridized carbons (Fsp3) is 0.222. The molecule has 1 saturated heterocycles. The molecule has 0 spiro atoms. The van der Waals surface area contributed by atoms with Crippen molar-refractivity contribution in [3.05, 3.63) is 52.3 Å². The average Bonchev–Trinajstić information content (AvgIpc) is 3.33. The van der Waals surface area contributed by atoms with Gasteiger partial charge in [-0.2, -0.15) is 4.31 Å². The van der Waals surface area contributed by atoms with Gasteiger partial charge in [-0.25, -0.2) is 17.8 Å². The minimum absolute atomic E-state index is 0.0582. The molecule has 0 aliphatic carbocycles. The Morgan fingerprint density at radius 1 is 1.17 bits per heavy atom. The molecule has 1 amide bonds. The van der Waals surface area contributed by atoms with Gasteiger partial charge in [0.1, 0.15) is 17.4 Å². The van der Waals surface area contributed by atoms with Crippen molar-refractivity contribution in [1.29, 1.82) is 0 Å². The monoisotopic (exact) mass is 473 g/mol. The van der Waals surface area contributed by atoms with Crippen molar-refractivity contribution in [2.75, 3.05) is 11.9 Å². The van der Waals surface area contributed by atoms with Crippen molar-refractivity contribution in [3.63, 3.8) is 0 Å². The standard InChI is InChI=1S/C18H14Cl2FN3O3S2/c19-12-7-8-13(20)16-15(12)22-18(28-16)23-17(25)14-2-1-9-24(14)29(26,27)11-5-3-10(21)4-6-11/h3-8,14H,1-2,9H2,(H,22,23,25). The molecule has 1 fully saturated rings. The molecule has 1 N–H and O–H groups in total. The summed E-state index contributed by atoms with van der Waals surface area (Å²) in [6.45, 7) is 0.204. The number of nitrogens with zero attached hydrogens (tertiary/aromatic N) is 2. The zero-order chi connectivity index (χ0) is 20.8. The largest absolute Gasteiger partial charge is 0.301 e. The lowest BCUT2D eigenvalue weighted by Gasteiger charge is -2.23. The van der Waals surface area contributed by atoms with Gasteiger partial charge in [0, 0.05) is 6.54 Å². The van der Waals surface area contributed by atoms with Crippen LogP contribution in [0.2, 0.25) is 10.0 Å². The molecule has 11 heteroatoms. The van der Waals surface area contributed by atoms with Gasteiger partial charge in [-0.05, 0) is 49.2 Å². The maximum absolute atomic E-state index is 13.1. The summed E-state index contributed by atoms with van der Waals surface area (Å²) in [4.78, 5) is 17.1. The summed E-state index contributed by atoms with van der Waals surface area (Å²) in [7, 11) is -3.93. The van der Waals surface area contributed by atoms with Crippen molar-refractivity contribution >= 4 is 65.8 Å². The van der Waals surface area contributed by atoms with E-state index in [4.69, 9.17) is 23.2 Å². The average molecular weight is 474 g/mol. The highest BCUT2D eigenvalue weighted by Gasteiger charge is 2.39. The molecular weight excluding hydrogens is 460 g/mol. The number of fused-ring (bicyclic) bond motifs is 1. The highest BCUT2D eigenvalue weighted by Crippen LogP contribution is 2.36. The Hall–Kier alpha value is -1.78. The number of anilines is 1. The Kier molecular flexibility index (Phi) is 5.52. The van der Waals surface area contributed by atoms with E-state index in [2.05, 4.69) is 10.3 Å². The minimum Gasteiger partial charge on any atom is -0.301 e. The van der Waals surface area contributed by atoms with E-state index in [1.165, 1.54) is 12.1 Å². The first-order chi connectivity index (χ1) is 13.8. The van der Waals surface area contributed by atoms with Crippen LogP contribution < -0.4 is 5.32 Å².